The summed E-state index contributed by atoms with van der Waals surface area (Å²) in [5.74, 6) is 0.0728. The van der Waals surface area contributed by atoms with E-state index in [0.29, 0.717) is 28.2 Å². The van der Waals surface area contributed by atoms with Gasteiger partial charge in [-0.2, -0.15) is 8.42 Å². The Labute approximate surface area is 174 Å². The summed E-state index contributed by atoms with van der Waals surface area (Å²) in [6.45, 7) is 0. The Balaban J connectivity index is 1.63. The highest BCUT2D eigenvalue weighted by Gasteiger charge is 2.19. The second-order valence-electron chi connectivity index (χ2n) is 6.16. The van der Waals surface area contributed by atoms with Crippen molar-refractivity contribution >= 4 is 50.4 Å². The van der Waals surface area contributed by atoms with Gasteiger partial charge in [-0.1, -0.05) is 23.7 Å². The van der Waals surface area contributed by atoms with Gasteiger partial charge in [-0.3, -0.25) is 4.79 Å². The van der Waals surface area contributed by atoms with E-state index in [2.05, 4.69) is 25.3 Å². The number of amides is 1. The van der Waals surface area contributed by atoms with Gasteiger partial charge in [-0.15, -0.1) is 3.89 Å². The average Bonchev–Trinajstić information content (AvgIpc) is 3.13. The number of nitrogen functional groups attached to an aromatic ring is 1. The number of carbonyl (C=O) groups excluding carboxylic acids is 1. The van der Waals surface area contributed by atoms with Crippen LogP contribution in [0.15, 0.2) is 53.7 Å². The number of fused-ring (bicyclic) bond motifs is 1. The Morgan fingerprint density at radius 1 is 1.17 bits per heavy atom. The third kappa shape index (κ3) is 3.80. The second-order valence-corrected chi connectivity index (χ2v) is 7.88. The molecule has 2 heterocycles. The van der Waals surface area contributed by atoms with E-state index in [-0.39, 0.29) is 16.4 Å². The molecule has 0 aliphatic heterocycles. The molecule has 2 aromatic carbocycles. The van der Waals surface area contributed by atoms with Crippen molar-refractivity contribution in [1.29, 1.82) is 0 Å². The molecule has 0 atom stereocenters. The lowest BCUT2D eigenvalue weighted by atomic mass is 10.1. The molecular formula is C18H12ClFN6O3S. The number of halogens is 2. The van der Waals surface area contributed by atoms with Crippen LogP contribution in [0.5, 0.6) is 0 Å². The number of H-pyrrole nitrogens is 1. The molecule has 9 nitrogen and oxygen atoms in total. The van der Waals surface area contributed by atoms with E-state index in [1.807, 2.05) is 0 Å². The van der Waals surface area contributed by atoms with Gasteiger partial charge in [0.25, 0.3) is 5.91 Å². The number of hydrogen-bond donors (Lipinski definition) is 3. The lowest BCUT2D eigenvalue weighted by Gasteiger charge is -2.08. The minimum atomic E-state index is -5.07. The van der Waals surface area contributed by atoms with Crippen molar-refractivity contribution < 1.29 is 17.1 Å². The molecule has 4 N–H and O–H groups in total. The molecule has 1 amide bonds. The van der Waals surface area contributed by atoms with Crippen molar-refractivity contribution in [3.8, 4) is 11.4 Å². The maximum absolute atomic E-state index is 13.3. The summed E-state index contributed by atoms with van der Waals surface area (Å²) in [7, 11) is -5.07. The van der Waals surface area contributed by atoms with Gasteiger partial charge in [0.1, 0.15) is 22.6 Å². The lowest BCUT2D eigenvalue weighted by molar-refractivity contribution is 0.102. The normalized spacial score (nSPS) is 11.5. The highest BCUT2D eigenvalue weighted by molar-refractivity contribution is 7.86. The van der Waals surface area contributed by atoms with E-state index in [1.54, 1.807) is 24.3 Å². The molecule has 0 radical (unpaired) electrons. The van der Waals surface area contributed by atoms with E-state index in [0.717, 1.165) is 12.1 Å². The van der Waals surface area contributed by atoms with Crippen LogP contribution in [0.2, 0.25) is 5.02 Å². The molecule has 4 aromatic rings. The number of nitrogens with one attached hydrogen (secondary N) is 2. The molecule has 0 spiro atoms. The van der Waals surface area contributed by atoms with Crippen LogP contribution in [0, 0.1) is 0 Å². The fraction of sp³-hybridized carbons (Fsp3) is 0. The zero-order valence-corrected chi connectivity index (χ0v) is 16.5. The fourth-order valence-electron chi connectivity index (χ4n) is 2.76. The van der Waals surface area contributed by atoms with Crippen molar-refractivity contribution in [1.82, 2.24) is 19.9 Å². The molecule has 152 valence electrons. The third-order valence-corrected chi connectivity index (χ3v) is 5.47. The van der Waals surface area contributed by atoms with E-state index < -0.39 is 21.0 Å². The van der Waals surface area contributed by atoms with Crippen LogP contribution in [0.1, 0.15) is 10.4 Å². The Morgan fingerprint density at radius 3 is 2.70 bits per heavy atom. The van der Waals surface area contributed by atoms with Crippen LogP contribution >= 0.6 is 11.6 Å². The number of nitrogens with zero attached hydrogens (tertiary/aromatic N) is 3. The van der Waals surface area contributed by atoms with Crippen molar-refractivity contribution in [2.24, 2.45) is 0 Å². The minimum absolute atomic E-state index is 0.0761. The number of hydrogen-bond acceptors (Lipinski definition) is 7. The minimum Gasteiger partial charge on any atom is -0.382 e. The summed E-state index contributed by atoms with van der Waals surface area (Å²) in [6.07, 6.45) is 1.30. The van der Waals surface area contributed by atoms with Gasteiger partial charge in [0, 0.05) is 16.8 Å². The van der Waals surface area contributed by atoms with E-state index in [4.69, 9.17) is 17.3 Å². The number of anilines is 2. The topological polar surface area (TPSA) is 144 Å². The third-order valence-electron chi connectivity index (χ3n) is 4.17. The smallest absolute Gasteiger partial charge is 0.333 e. The molecule has 2 aromatic heterocycles. The first kappa shape index (κ1) is 19.7. The van der Waals surface area contributed by atoms with E-state index >= 15 is 0 Å². The molecule has 4 rings (SSSR count). The Hall–Kier alpha value is -3.57. The number of aromatic amines is 1. The van der Waals surface area contributed by atoms with Gasteiger partial charge in [0.05, 0.1) is 5.02 Å². The van der Waals surface area contributed by atoms with Crippen molar-refractivity contribution in [3.63, 3.8) is 0 Å². The van der Waals surface area contributed by atoms with E-state index in [9.17, 15) is 17.1 Å². The predicted octanol–water partition coefficient (Wildman–Crippen LogP) is 3.17. The second kappa shape index (κ2) is 7.35. The van der Waals surface area contributed by atoms with Crippen molar-refractivity contribution in [3.05, 3.63) is 59.4 Å². The summed E-state index contributed by atoms with van der Waals surface area (Å²) in [6, 6.07) is 10.0. The zero-order chi connectivity index (χ0) is 21.5. The fourth-order valence-corrected chi connectivity index (χ4v) is 3.72. The van der Waals surface area contributed by atoms with Gasteiger partial charge < -0.3 is 16.0 Å². The summed E-state index contributed by atoms with van der Waals surface area (Å²) in [5.41, 5.74) is 7.64. The molecule has 0 aliphatic rings. The SMILES string of the molecule is Nc1ncnc2nc(-c3cccc(NC(=O)c4ccc(Cl)c(S(=O)(=O)F)c4)c3)[nH]c12. The summed E-state index contributed by atoms with van der Waals surface area (Å²) >= 11 is 5.70. The maximum atomic E-state index is 13.3. The first-order valence-electron chi connectivity index (χ1n) is 8.34. The van der Waals surface area contributed by atoms with Crippen molar-refractivity contribution in [2.75, 3.05) is 11.1 Å². The van der Waals surface area contributed by atoms with Crippen LogP contribution in [0.3, 0.4) is 0 Å². The number of aromatic nitrogens is 4. The Morgan fingerprint density at radius 2 is 1.97 bits per heavy atom. The average molecular weight is 447 g/mol. The molecule has 0 aliphatic carbocycles. The molecule has 0 fully saturated rings. The van der Waals surface area contributed by atoms with Gasteiger partial charge in [0.15, 0.2) is 11.5 Å². The van der Waals surface area contributed by atoms with Crippen LogP contribution in [0.4, 0.5) is 15.4 Å². The maximum Gasteiger partial charge on any atom is 0.333 e. The molecule has 0 unspecified atom stereocenters. The quantitative estimate of drug-likeness (QED) is 0.408. The Bertz CT molecular complexity index is 1410. The monoisotopic (exact) mass is 446 g/mol. The molecule has 0 bridgehead atoms. The zero-order valence-electron chi connectivity index (χ0n) is 14.9. The highest BCUT2D eigenvalue weighted by Crippen LogP contribution is 2.26. The predicted molar refractivity (Wildman–Crippen MR) is 109 cm³/mol. The first-order chi connectivity index (χ1) is 14.2. The number of nitrogens with two attached hydrogens (primary N) is 1. The number of rotatable bonds is 4. The van der Waals surface area contributed by atoms with Gasteiger partial charge in [0.2, 0.25) is 0 Å². The van der Waals surface area contributed by atoms with Crippen LogP contribution in [0.25, 0.3) is 22.6 Å². The Kier molecular flexibility index (Phi) is 4.84. The summed E-state index contributed by atoms with van der Waals surface area (Å²) < 4.78 is 35.7. The van der Waals surface area contributed by atoms with E-state index in [1.165, 1.54) is 12.4 Å². The summed E-state index contributed by atoms with van der Waals surface area (Å²) in [4.78, 5) is 27.0. The largest absolute Gasteiger partial charge is 0.382 e. The number of carbonyl (C=O) groups is 1. The van der Waals surface area contributed by atoms with Crippen LogP contribution in [-0.4, -0.2) is 34.3 Å². The molecular weight excluding hydrogens is 435 g/mol. The van der Waals surface area contributed by atoms with Gasteiger partial charge in [-0.05, 0) is 30.3 Å². The molecule has 12 heteroatoms. The molecule has 0 saturated heterocycles. The van der Waals surface area contributed by atoms with Gasteiger partial charge in [-0.25, -0.2) is 15.0 Å². The van der Waals surface area contributed by atoms with Crippen molar-refractivity contribution in [2.45, 2.75) is 4.90 Å². The summed E-state index contributed by atoms with van der Waals surface area (Å²) in [5, 5.41) is 2.30. The molecule has 0 saturated carbocycles. The highest BCUT2D eigenvalue weighted by atomic mass is 35.5. The standard InChI is InChI=1S/C18H12ClFN6O3S/c19-12-5-4-10(7-13(12)30(20,28)29)18(27)24-11-3-1-2-9(6-11)16-25-14-15(21)22-8-23-17(14)26-16/h1-8H,(H,24,27)(H3,21,22,23,25,26). The lowest BCUT2D eigenvalue weighted by Crippen LogP contribution is -2.12. The number of benzene rings is 2. The van der Waals surface area contributed by atoms with Crippen LogP contribution < -0.4 is 11.1 Å². The van der Waals surface area contributed by atoms with Crippen LogP contribution in [-0.2, 0) is 10.2 Å². The van der Waals surface area contributed by atoms with Gasteiger partial charge >= 0.3 is 10.2 Å². The first-order valence-corrected chi connectivity index (χ1v) is 10.1. The molecule has 30 heavy (non-hydrogen) atoms. The number of imidazole rings is 1.